The van der Waals surface area contributed by atoms with Crippen molar-refractivity contribution in [2.24, 2.45) is 5.73 Å². The van der Waals surface area contributed by atoms with Crippen molar-refractivity contribution < 1.29 is 42.5 Å². The highest BCUT2D eigenvalue weighted by Crippen LogP contribution is 2.42. The summed E-state index contributed by atoms with van der Waals surface area (Å²) in [6.45, 7) is 10.6. The molecule has 31 heavy (non-hydrogen) atoms. The van der Waals surface area contributed by atoms with Gasteiger partial charge in [0.1, 0.15) is 17.4 Å². The number of carbonyl (C=O) groups is 3. The minimum atomic E-state index is -5.08. The van der Waals surface area contributed by atoms with Crippen LogP contribution in [0.3, 0.4) is 0 Å². The number of ether oxygens (including phenoxy) is 1. The highest BCUT2D eigenvalue weighted by atomic mass is 19.4. The first-order valence-corrected chi connectivity index (χ1v) is 9.33. The van der Waals surface area contributed by atoms with E-state index >= 15 is 0 Å². The summed E-state index contributed by atoms with van der Waals surface area (Å²) in [6, 6.07) is -1.18. The molecule has 1 atom stereocenters. The second-order valence-corrected chi connectivity index (χ2v) is 7.93. The van der Waals surface area contributed by atoms with Gasteiger partial charge in [-0.2, -0.15) is 13.2 Å². The third kappa shape index (κ3) is 6.84. The topological polar surface area (TPSA) is 139 Å². The van der Waals surface area contributed by atoms with Crippen molar-refractivity contribution in [3.8, 4) is 5.75 Å². The van der Waals surface area contributed by atoms with Crippen LogP contribution in [0, 0.1) is 20.8 Å². The summed E-state index contributed by atoms with van der Waals surface area (Å²) in [5.74, 6) is -3.34. The molecule has 2 rings (SSSR count). The molecule has 1 heterocycles. The van der Waals surface area contributed by atoms with E-state index in [0.29, 0.717) is 6.54 Å². The lowest BCUT2D eigenvalue weighted by atomic mass is 9.89. The Morgan fingerprint density at radius 2 is 1.65 bits per heavy atom. The largest absolute Gasteiger partial charge is 0.490 e. The van der Waals surface area contributed by atoms with E-state index in [9.17, 15) is 22.8 Å². The number of aliphatic carboxylic acids is 2. The Morgan fingerprint density at radius 3 is 2.10 bits per heavy atom. The van der Waals surface area contributed by atoms with Gasteiger partial charge < -0.3 is 26.0 Å². The number of amides is 1. The monoisotopic (exact) mass is 448 g/mol. The molecule has 0 saturated heterocycles. The van der Waals surface area contributed by atoms with Gasteiger partial charge in [0, 0.05) is 18.5 Å². The first-order chi connectivity index (χ1) is 14.0. The smallest absolute Gasteiger partial charge is 0.487 e. The molecular formula is C20H27F3N2O6. The van der Waals surface area contributed by atoms with Gasteiger partial charge in [0.25, 0.3) is 0 Å². The summed E-state index contributed by atoms with van der Waals surface area (Å²) in [5, 5.41) is 18.7. The molecule has 1 aliphatic rings. The maximum atomic E-state index is 11.9. The quantitative estimate of drug-likeness (QED) is 0.542. The molecule has 8 nitrogen and oxygen atoms in total. The predicted octanol–water partition coefficient (Wildman–Crippen LogP) is 2.38. The Balaban J connectivity index is 0.000000592. The Kier molecular flexibility index (Phi) is 8.07. The SMILES string of the molecule is Cc1c(C)c2c(c(C)c1CNC(=O)C[C@H](N)C(=O)O)CC(C)(C)O2.O=C(O)C(F)(F)F. The van der Waals surface area contributed by atoms with Gasteiger partial charge in [0.05, 0.1) is 6.42 Å². The summed E-state index contributed by atoms with van der Waals surface area (Å²) >= 11 is 0. The molecule has 0 fully saturated rings. The van der Waals surface area contributed by atoms with Crippen molar-refractivity contribution in [1.29, 1.82) is 0 Å². The molecule has 0 spiro atoms. The number of fused-ring (bicyclic) bond motifs is 1. The van der Waals surface area contributed by atoms with Gasteiger partial charge >= 0.3 is 18.1 Å². The van der Waals surface area contributed by atoms with Gasteiger partial charge in [-0.05, 0) is 56.9 Å². The average molecular weight is 448 g/mol. The van der Waals surface area contributed by atoms with E-state index in [1.807, 2.05) is 20.8 Å². The molecule has 0 bridgehead atoms. The van der Waals surface area contributed by atoms with Crippen LogP contribution in [-0.4, -0.2) is 45.9 Å². The highest BCUT2D eigenvalue weighted by Gasteiger charge is 2.38. The van der Waals surface area contributed by atoms with E-state index < -0.39 is 24.2 Å². The van der Waals surface area contributed by atoms with Crippen molar-refractivity contribution >= 4 is 17.8 Å². The van der Waals surface area contributed by atoms with E-state index in [0.717, 1.165) is 34.4 Å². The fourth-order valence-electron chi connectivity index (χ4n) is 3.16. The first-order valence-electron chi connectivity index (χ1n) is 9.33. The zero-order valence-electron chi connectivity index (χ0n) is 17.9. The van der Waals surface area contributed by atoms with E-state index in [1.54, 1.807) is 0 Å². The van der Waals surface area contributed by atoms with Gasteiger partial charge in [-0.25, -0.2) is 4.79 Å². The molecule has 0 unspecified atom stereocenters. The molecule has 1 aromatic carbocycles. The summed E-state index contributed by atoms with van der Waals surface area (Å²) < 4.78 is 37.8. The van der Waals surface area contributed by atoms with E-state index in [2.05, 4.69) is 19.2 Å². The second-order valence-electron chi connectivity index (χ2n) is 7.93. The molecule has 174 valence electrons. The Bertz CT molecular complexity index is 881. The van der Waals surface area contributed by atoms with Gasteiger partial charge in [-0.15, -0.1) is 0 Å². The maximum Gasteiger partial charge on any atom is 0.490 e. The summed E-state index contributed by atoms with van der Waals surface area (Å²) in [7, 11) is 0. The van der Waals surface area contributed by atoms with Crippen LogP contribution in [0.25, 0.3) is 0 Å². The van der Waals surface area contributed by atoms with Crippen molar-refractivity contribution in [2.45, 2.75) is 71.8 Å². The molecule has 0 radical (unpaired) electrons. The van der Waals surface area contributed by atoms with Gasteiger partial charge in [0.2, 0.25) is 5.91 Å². The van der Waals surface area contributed by atoms with E-state index in [1.165, 1.54) is 5.56 Å². The van der Waals surface area contributed by atoms with E-state index in [4.69, 9.17) is 25.5 Å². The number of nitrogens with one attached hydrogen (secondary N) is 1. The van der Waals surface area contributed by atoms with Crippen LogP contribution < -0.4 is 15.8 Å². The van der Waals surface area contributed by atoms with Crippen LogP contribution in [0.5, 0.6) is 5.75 Å². The Hall–Kier alpha value is -2.82. The molecule has 1 amide bonds. The highest BCUT2D eigenvalue weighted by molar-refractivity contribution is 5.84. The van der Waals surface area contributed by atoms with Crippen LogP contribution in [0.15, 0.2) is 0 Å². The fraction of sp³-hybridized carbons (Fsp3) is 0.550. The Labute approximate surface area is 177 Å². The molecule has 0 aromatic heterocycles. The number of carboxylic acid groups (broad SMARTS) is 2. The molecule has 11 heteroatoms. The molecule has 1 aliphatic heterocycles. The molecule has 1 aromatic rings. The number of alkyl halides is 3. The van der Waals surface area contributed by atoms with Crippen LogP contribution in [0.4, 0.5) is 13.2 Å². The van der Waals surface area contributed by atoms with Gasteiger partial charge in [-0.3, -0.25) is 9.59 Å². The Morgan fingerprint density at radius 1 is 1.13 bits per heavy atom. The molecule has 0 aliphatic carbocycles. The number of benzene rings is 1. The summed E-state index contributed by atoms with van der Waals surface area (Å²) in [5.41, 5.74) is 10.7. The predicted molar refractivity (Wildman–Crippen MR) is 105 cm³/mol. The number of hydrogen-bond donors (Lipinski definition) is 4. The zero-order chi connectivity index (χ0) is 24.3. The number of hydrogen-bond acceptors (Lipinski definition) is 5. The third-order valence-corrected chi connectivity index (χ3v) is 4.94. The second kappa shape index (κ2) is 9.54. The van der Waals surface area contributed by atoms with Gasteiger partial charge in [-0.1, -0.05) is 0 Å². The number of halogens is 3. The van der Waals surface area contributed by atoms with Crippen LogP contribution >= 0.6 is 0 Å². The lowest BCUT2D eigenvalue weighted by molar-refractivity contribution is -0.192. The number of rotatable bonds is 5. The lowest BCUT2D eigenvalue weighted by Crippen LogP contribution is -2.37. The molecule has 0 saturated carbocycles. The number of carbonyl (C=O) groups excluding carboxylic acids is 1. The lowest BCUT2D eigenvalue weighted by Gasteiger charge is -2.19. The number of nitrogens with two attached hydrogens (primary N) is 1. The van der Waals surface area contributed by atoms with Crippen LogP contribution in [0.2, 0.25) is 0 Å². The van der Waals surface area contributed by atoms with Crippen molar-refractivity contribution in [3.63, 3.8) is 0 Å². The van der Waals surface area contributed by atoms with Crippen LogP contribution in [-0.2, 0) is 27.3 Å². The zero-order valence-corrected chi connectivity index (χ0v) is 17.9. The summed E-state index contributed by atoms with van der Waals surface area (Å²) in [4.78, 5) is 31.5. The standard InChI is InChI=1S/C18H26N2O4.C2HF3O2/c1-9-10(2)16-12(7-18(4,5)24-16)11(3)13(9)8-20-15(21)6-14(19)17(22)23;3-2(4,5)1(6)7/h14H,6-8,19H2,1-5H3,(H,20,21)(H,22,23);(H,6,7)/t14-;/m0./s1. The average Bonchev–Trinajstić information content (AvgIpc) is 2.95. The van der Waals surface area contributed by atoms with Gasteiger partial charge in [0.15, 0.2) is 0 Å². The molecule has 5 N–H and O–H groups in total. The van der Waals surface area contributed by atoms with Crippen LogP contribution in [0.1, 0.15) is 48.1 Å². The molecular weight excluding hydrogens is 421 g/mol. The van der Waals surface area contributed by atoms with Crippen molar-refractivity contribution in [2.75, 3.05) is 0 Å². The summed E-state index contributed by atoms with van der Waals surface area (Å²) in [6.07, 6.45) is -4.48. The third-order valence-electron chi connectivity index (χ3n) is 4.94. The first kappa shape index (κ1) is 26.2. The minimum absolute atomic E-state index is 0.222. The fourth-order valence-corrected chi connectivity index (χ4v) is 3.16. The van der Waals surface area contributed by atoms with Crippen molar-refractivity contribution in [3.05, 3.63) is 27.8 Å². The minimum Gasteiger partial charge on any atom is -0.487 e. The maximum absolute atomic E-state index is 11.9. The number of carboxylic acids is 2. The normalized spacial score (nSPS) is 15.1. The van der Waals surface area contributed by atoms with Crippen molar-refractivity contribution in [1.82, 2.24) is 5.32 Å². The van der Waals surface area contributed by atoms with E-state index in [-0.39, 0.29) is 17.9 Å².